The Labute approximate surface area is 219 Å². The van der Waals surface area contributed by atoms with Gasteiger partial charge in [0.15, 0.2) is 0 Å². The number of nitrogens with zero attached hydrogens (tertiary/aromatic N) is 2. The molecule has 0 saturated carbocycles. The van der Waals surface area contributed by atoms with Gasteiger partial charge in [0.2, 0.25) is 5.91 Å². The predicted molar refractivity (Wildman–Crippen MR) is 125 cm³/mol. The summed E-state index contributed by atoms with van der Waals surface area (Å²) in [7, 11) is -4.55. The lowest BCUT2D eigenvalue weighted by Gasteiger charge is -2.40. The third kappa shape index (κ3) is 5.31. The molecule has 1 fully saturated rings. The highest BCUT2D eigenvalue weighted by atomic mass is 32.2. The van der Waals surface area contributed by atoms with Crippen molar-refractivity contribution in [1.29, 1.82) is 0 Å². The van der Waals surface area contributed by atoms with E-state index in [-0.39, 0.29) is 41.3 Å². The van der Waals surface area contributed by atoms with Gasteiger partial charge in [-0.3, -0.25) is 9.10 Å². The molecule has 2 aliphatic rings. The summed E-state index contributed by atoms with van der Waals surface area (Å²) in [4.78, 5) is 14.1. The maximum atomic E-state index is 13.7. The van der Waals surface area contributed by atoms with Crippen molar-refractivity contribution in [2.75, 3.05) is 30.5 Å². The Balaban J connectivity index is 1.80. The summed E-state index contributed by atoms with van der Waals surface area (Å²) in [6.07, 6.45) is -12.8. The lowest BCUT2D eigenvalue weighted by molar-refractivity contribution is -0.376. The number of aryl methyl sites for hydroxylation is 1. The van der Waals surface area contributed by atoms with Crippen molar-refractivity contribution in [1.82, 2.24) is 10.2 Å². The lowest BCUT2D eigenvalue weighted by atomic mass is 9.87. The van der Waals surface area contributed by atoms with Gasteiger partial charge in [-0.15, -0.1) is 0 Å². The zero-order chi connectivity index (χ0) is 28.8. The molecule has 39 heavy (non-hydrogen) atoms. The highest BCUT2D eigenvalue weighted by Crippen LogP contribution is 2.51. The van der Waals surface area contributed by atoms with Crippen LogP contribution in [0.15, 0.2) is 47.4 Å². The lowest BCUT2D eigenvalue weighted by Crippen LogP contribution is -2.54. The van der Waals surface area contributed by atoms with Gasteiger partial charge in [-0.2, -0.15) is 26.3 Å². The van der Waals surface area contributed by atoms with Crippen molar-refractivity contribution in [2.45, 2.75) is 48.2 Å². The first-order chi connectivity index (χ1) is 18.1. The summed E-state index contributed by atoms with van der Waals surface area (Å²) in [5.41, 5.74) is -7.14. The van der Waals surface area contributed by atoms with Crippen LogP contribution in [0.1, 0.15) is 24.0 Å². The van der Waals surface area contributed by atoms with E-state index in [0.29, 0.717) is 38.3 Å². The molecule has 0 spiro atoms. The highest BCUT2D eigenvalue weighted by molar-refractivity contribution is 7.92. The Morgan fingerprint density at radius 1 is 0.974 bits per heavy atom. The summed E-state index contributed by atoms with van der Waals surface area (Å²) < 4.78 is 122. The standard InChI is InChI=1S/C24H24F7N3O4S/c25-17-3-6-19(7-4-17)39(37,38)34-18(14-21(35)33-11-9-32-10-12-33)5-1-15-13-16(2-8-20(15)34)22(36,23(26,27)28)24(29,30)31/h2-4,6-8,13,18,32,36H,1,5,9-12,14H2/t18-/m0/s1. The van der Waals surface area contributed by atoms with Crippen molar-refractivity contribution in [3.05, 3.63) is 59.4 Å². The first-order valence-corrected chi connectivity index (χ1v) is 13.3. The zero-order valence-electron chi connectivity index (χ0n) is 20.2. The molecule has 7 nitrogen and oxygen atoms in total. The van der Waals surface area contributed by atoms with Gasteiger partial charge in [-0.1, -0.05) is 12.1 Å². The number of carbonyl (C=O) groups is 1. The number of carbonyl (C=O) groups excluding carboxylic acids is 1. The molecule has 0 unspecified atom stereocenters. The average molecular weight is 584 g/mol. The molecule has 2 aromatic rings. The fourth-order valence-electron chi connectivity index (χ4n) is 4.83. The summed E-state index contributed by atoms with van der Waals surface area (Å²) in [5.74, 6) is -1.11. The number of rotatable bonds is 5. The number of piperazine rings is 1. The van der Waals surface area contributed by atoms with Gasteiger partial charge in [-0.05, 0) is 48.7 Å². The molecule has 1 atom stereocenters. The van der Waals surface area contributed by atoms with E-state index < -0.39 is 45.4 Å². The Hall–Kier alpha value is -2.91. The fraction of sp³-hybridized carbons (Fsp3) is 0.458. The van der Waals surface area contributed by atoms with Crippen LogP contribution in [0.25, 0.3) is 0 Å². The summed E-state index contributed by atoms with van der Waals surface area (Å²) in [5, 5.41) is 12.9. The Bertz CT molecular complexity index is 1310. The fourth-order valence-corrected chi connectivity index (χ4v) is 6.54. The molecule has 2 aliphatic heterocycles. The molecule has 0 aliphatic carbocycles. The van der Waals surface area contributed by atoms with Gasteiger partial charge < -0.3 is 15.3 Å². The zero-order valence-corrected chi connectivity index (χ0v) is 21.0. The number of amides is 1. The third-order valence-corrected chi connectivity index (χ3v) is 8.76. The molecular weight excluding hydrogens is 559 g/mol. The number of aliphatic hydroxyl groups is 1. The van der Waals surface area contributed by atoms with E-state index in [4.69, 9.17) is 0 Å². The number of halogens is 7. The molecule has 214 valence electrons. The first kappa shape index (κ1) is 29.1. The van der Waals surface area contributed by atoms with E-state index in [1.165, 1.54) is 4.90 Å². The van der Waals surface area contributed by atoms with Crippen molar-refractivity contribution < 1.29 is 49.1 Å². The van der Waals surface area contributed by atoms with Gasteiger partial charge in [0, 0.05) is 38.2 Å². The molecule has 0 aromatic heterocycles. The third-order valence-electron chi connectivity index (χ3n) is 6.88. The minimum absolute atomic E-state index is 0.106. The number of benzene rings is 2. The van der Waals surface area contributed by atoms with E-state index in [2.05, 4.69) is 5.32 Å². The van der Waals surface area contributed by atoms with Crippen LogP contribution in [-0.4, -0.2) is 68.9 Å². The molecule has 0 bridgehead atoms. The predicted octanol–water partition coefficient (Wildman–Crippen LogP) is 3.47. The normalized spacial score (nSPS) is 19.1. The van der Waals surface area contributed by atoms with E-state index in [1.807, 2.05) is 0 Å². The van der Waals surface area contributed by atoms with E-state index in [0.717, 1.165) is 34.6 Å². The second-order valence-electron chi connectivity index (χ2n) is 9.33. The van der Waals surface area contributed by atoms with E-state index in [9.17, 15) is 49.1 Å². The molecule has 4 rings (SSSR count). The number of nitrogens with one attached hydrogen (secondary N) is 1. The molecule has 2 heterocycles. The molecular formula is C24H24F7N3O4S. The molecule has 2 aromatic carbocycles. The molecule has 1 amide bonds. The van der Waals surface area contributed by atoms with Gasteiger partial charge in [-0.25, -0.2) is 12.8 Å². The maximum absolute atomic E-state index is 13.7. The smallest absolute Gasteiger partial charge is 0.369 e. The van der Waals surface area contributed by atoms with Crippen LogP contribution in [0, 0.1) is 5.82 Å². The van der Waals surface area contributed by atoms with Crippen LogP contribution in [0.3, 0.4) is 0 Å². The van der Waals surface area contributed by atoms with Crippen LogP contribution in [0.2, 0.25) is 0 Å². The quantitative estimate of drug-likeness (QED) is 0.527. The number of alkyl halides is 6. The Morgan fingerprint density at radius 2 is 1.56 bits per heavy atom. The van der Waals surface area contributed by atoms with Crippen LogP contribution in [0.4, 0.5) is 36.4 Å². The summed E-state index contributed by atoms with van der Waals surface area (Å²) >= 11 is 0. The van der Waals surface area contributed by atoms with Gasteiger partial charge >= 0.3 is 12.4 Å². The van der Waals surface area contributed by atoms with Crippen molar-refractivity contribution in [2.24, 2.45) is 0 Å². The number of hydrogen-bond acceptors (Lipinski definition) is 5. The number of fused-ring (bicyclic) bond motifs is 1. The van der Waals surface area contributed by atoms with Gasteiger partial charge in [0.25, 0.3) is 15.6 Å². The van der Waals surface area contributed by atoms with Crippen LogP contribution >= 0.6 is 0 Å². The minimum Gasteiger partial charge on any atom is -0.369 e. The maximum Gasteiger partial charge on any atom is 0.430 e. The molecule has 0 radical (unpaired) electrons. The van der Waals surface area contributed by atoms with E-state index in [1.54, 1.807) is 0 Å². The number of sulfonamides is 1. The van der Waals surface area contributed by atoms with Crippen LogP contribution in [-0.2, 0) is 26.8 Å². The molecule has 15 heteroatoms. The minimum atomic E-state index is -6.12. The summed E-state index contributed by atoms with van der Waals surface area (Å²) in [6.45, 7) is 1.81. The number of hydrogen-bond donors (Lipinski definition) is 2. The second-order valence-corrected chi connectivity index (χ2v) is 11.1. The molecule has 1 saturated heterocycles. The van der Waals surface area contributed by atoms with Crippen molar-refractivity contribution >= 4 is 21.6 Å². The first-order valence-electron chi connectivity index (χ1n) is 11.8. The Kier molecular flexibility index (Phi) is 7.64. The molecule has 2 N–H and O–H groups in total. The monoisotopic (exact) mass is 583 g/mol. The van der Waals surface area contributed by atoms with Crippen molar-refractivity contribution in [3.63, 3.8) is 0 Å². The SMILES string of the molecule is O=C(C[C@@H]1CCc2cc(C(O)(C(F)(F)F)C(F)(F)F)ccc2N1S(=O)(=O)c1ccc(F)cc1)N1CCNCC1. The number of anilines is 1. The van der Waals surface area contributed by atoms with Gasteiger partial charge in [0.1, 0.15) is 5.82 Å². The van der Waals surface area contributed by atoms with Crippen LogP contribution in [0.5, 0.6) is 0 Å². The largest absolute Gasteiger partial charge is 0.430 e. The summed E-state index contributed by atoms with van der Waals surface area (Å²) in [6, 6.07) is 4.29. The van der Waals surface area contributed by atoms with Crippen molar-refractivity contribution in [3.8, 4) is 0 Å². The van der Waals surface area contributed by atoms with Crippen LogP contribution < -0.4 is 9.62 Å². The highest BCUT2D eigenvalue weighted by Gasteiger charge is 2.71. The Morgan fingerprint density at radius 3 is 2.13 bits per heavy atom. The topological polar surface area (TPSA) is 90.0 Å². The van der Waals surface area contributed by atoms with Gasteiger partial charge in [0.05, 0.1) is 16.6 Å². The second kappa shape index (κ2) is 10.2. The van der Waals surface area contributed by atoms with E-state index >= 15 is 0 Å². The average Bonchev–Trinajstić information content (AvgIpc) is 2.87.